The molecule has 2 atom stereocenters. The molecular weight excluding hydrogens is 278 g/mol. The standard InChI is InChI=1S/C16H22F2O3/c1-3-8-16(19)9-7-11(10-21-16)12-5-6-13(20-4-2)15(18)14(12)17/h5-6,11,19H,3-4,7-10H2,1-2H3. The van der Waals surface area contributed by atoms with Crippen molar-refractivity contribution in [2.24, 2.45) is 0 Å². The number of hydrogen-bond acceptors (Lipinski definition) is 3. The highest BCUT2D eigenvalue weighted by Crippen LogP contribution is 2.37. The molecule has 0 radical (unpaired) electrons. The molecule has 0 spiro atoms. The van der Waals surface area contributed by atoms with Gasteiger partial charge in [0.1, 0.15) is 0 Å². The zero-order valence-corrected chi connectivity index (χ0v) is 12.5. The average molecular weight is 300 g/mol. The average Bonchev–Trinajstić information content (AvgIpc) is 2.46. The van der Waals surface area contributed by atoms with E-state index in [0.717, 1.165) is 6.42 Å². The van der Waals surface area contributed by atoms with Gasteiger partial charge in [-0.15, -0.1) is 0 Å². The van der Waals surface area contributed by atoms with Crippen LogP contribution in [0.25, 0.3) is 0 Å². The third kappa shape index (κ3) is 3.52. The molecule has 0 aromatic heterocycles. The van der Waals surface area contributed by atoms with Gasteiger partial charge in [-0.2, -0.15) is 4.39 Å². The molecule has 1 aliphatic heterocycles. The molecule has 0 bridgehead atoms. The summed E-state index contributed by atoms with van der Waals surface area (Å²) in [5, 5.41) is 10.2. The summed E-state index contributed by atoms with van der Waals surface area (Å²) in [4.78, 5) is 0. The second-order valence-electron chi connectivity index (χ2n) is 5.46. The van der Waals surface area contributed by atoms with Gasteiger partial charge in [0.25, 0.3) is 0 Å². The van der Waals surface area contributed by atoms with Crippen LogP contribution in [0.2, 0.25) is 0 Å². The zero-order chi connectivity index (χ0) is 15.5. The lowest BCUT2D eigenvalue weighted by molar-refractivity contribution is -0.232. The summed E-state index contributed by atoms with van der Waals surface area (Å²) < 4.78 is 38.5. The van der Waals surface area contributed by atoms with Crippen molar-refractivity contribution in [1.82, 2.24) is 0 Å². The Kier molecular flexibility index (Phi) is 5.17. The Morgan fingerprint density at radius 1 is 1.33 bits per heavy atom. The first-order valence-electron chi connectivity index (χ1n) is 7.47. The molecule has 21 heavy (non-hydrogen) atoms. The summed E-state index contributed by atoms with van der Waals surface area (Å²) in [7, 11) is 0. The molecule has 1 aliphatic rings. The van der Waals surface area contributed by atoms with Gasteiger partial charge in [0.15, 0.2) is 17.4 Å². The van der Waals surface area contributed by atoms with Crippen molar-refractivity contribution in [2.45, 2.75) is 51.2 Å². The zero-order valence-electron chi connectivity index (χ0n) is 12.5. The van der Waals surface area contributed by atoms with Crippen molar-refractivity contribution in [3.05, 3.63) is 29.3 Å². The van der Waals surface area contributed by atoms with E-state index in [1.54, 1.807) is 13.0 Å². The molecule has 1 saturated heterocycles. The van der Waals surface area contributed by atoms with E-state index in [1.807, 2.05) is 6.92 Å². The highest BCUT2D eigenvalue weighted by atomic mass is 19.2. The van der Waals surface area contributed by atoms with Crippen LogP contribution < -0.4 is 4.74 Å². The van der Waals surface area contributed by atoms with Crippen molar-refractivity contribution in [1.29, 1.82) is 0 Å². The van der Waals surface area contributed by atoms with Crippen molar-refractivity contribution in [2.75, 3.05) is 13.2 Å². The third-order valence-corrected chi connectivity index (χ3v) is 3.89. The quantitative estimate of drug-likeness (QED) is 0.900. The Morgan fingerprint density at radius 3 is 2.67 bits per heavy atom. The van der Waals surface area contributed by atoms with Gasteiger partial charge in [-0.05, 0) is 25.0 Å². The molecule has 2 rings (SSSR count). The highest BCUT2D eigenvalue weighted by molar-refractivity contribution is 5.33. The Hall–Kier alpha value is -1.20. The molecule has 1 heterocycles. The fraction of sp³-hybridized carbons (Fsp3) is 0.625. The molecule has 0 aliphatic carbocycles. The fourth-order valence-electron chi connectivity index (χ4n) is 2.77. The minimum absolute atomic E-state index is 0.0713. The van der Waals surface area contributed by atoms with E-state index in [0.29, 0.717) is 19.3 Å². The highest BCUT2D eigenvalue weighted by Gasteiger charge is 2.35. The van der Waals surface area contributed by atoms with Gasteiger partial charge in [-0.3, -0.25) is 0 Å². The van der Waals surface area contributed by atoms with E-state index in [1.165, 1.54) is 6.07 Å². The van der Waals surface area contributed by atoms with E-state index in [2.05, 4.69) is 0 Å². The number of ether oxygens (including phenoxy) is 2. The van der Waals surface area contributed by atoms with Gasteiger partial charge in [0.05, 0.1) is 13.2 Å². The topological polar surface area (TPSA) is 38.7 Å². The van der Waals surface area contributed by atoms with Gasteiger partial charge in [-0.25, -0.2) is 4.39 Å². The number of rotatable bonds is 5. The monoisotopic (exact) mass is 300 g/mol. The van der Waals surface area contributed by atoms with Crippen molar-refractivity contribution >= 4 is 0 Å². The van der Waals surface area contributed by atoms with E-state index >= 15 is 0 Å². The van der Waals surface area contributed by atoms with Crippen LogP contribution in [-0.4, -0.2) is 24.1 Å². The molecule has 118 valence electrons. The van der Waals surface area contributed by atoms with E-state index < -0.39 is 17.4 Å². The predicted octanol–water partition coefficient (Wildman–Crippen LogP) is 3.75. The molecule has 0 saturated carbocycles. The molecular formula is C16H22F2O3. The van der Waals surface area contributed by atoms with Crippen molar-refractivity contribution in [3.8, 4) is 5.75 Å². The summed E-state index contributed by atoms with van der Waals surface area (Å²) in [6.45, 7) is 4.16. The maximum atomic E-state index is 14.1. The van der Waals surface area contributed by atoms with E-state index in [4.69, 9.17) is 9.47 Å². The van der Waals surface area contributed by atoms with Crippen LogP contribution in [0.3, 0.4) is 0 Å². The summed E-state index contributed by atoms with van der Waals surface area (Å²) in [5.74, 6) is -3.27. The second-order valence-corrected chi connectivity index (χ2v) is 5.46. The normalized spacial score (nSPS) is 25.9. The van der Waals surface area contributed by atoms with Crippen LogP contribution in [0.5, 0.6) is 5.75 Å². The lowest BCUT2D eigenvalue weighted by atomic mass is 9.88. The Balaban J connectivity index is 2.12. The molecule has 2 unspecified atom stereocenters. The summed E-state index contributed by atoms with van der Waals surface area (Å²) in [6.07, 6.45) is 2.37. The van der Waals surface area contributed by atoms with E-state index in [-0.39, 0.29) is 30.4 Å². The molecule has 1 aromatic carbocycles. The Morgan fingerprint density at radius 2 is 2.10 bits per heavy atom. The van der Waals surface area contributed by atoms with Gasteiger partial charge in [-0.1, -0.05) is 19.4 Å². The summed E-state index contributed by atoms with van der Waals surface area (Å²) in [5.41, 5.74) is 0.287. The Labute approximate surface area is 123 Å². The predicted molar refractivity (Wildman–Crippen MR) is 75.3 cm³/mol. The number of halogens is 2. The lowest BCUT2D eigenvalue weighted by Crippen LogP contribution is -2.38. The molecule has 5 heteroatoms. The van der Waals surface area contributed by atoms with Crippen LogP contribution in [0.15, 0.2) is 12.1 Å². The first kappa shape index (κ1) is 16.2. The molecule has 1 N–H and O–H groups in total. The molecule has 1 fully saturated rings. The molecule has 0 amide bonds. The first-order chi connectivity index (χ1) is 10.0. The lowest BCUT2D eigenvalue weighted by Gasteiger charge is -2.36. The summed E-state index contributed by atoms with van der Waals surface area (Å²) >= 11 is 0. The maximum Gasteiger partial charge on any atom is 0.200 e. The largest absolute Gasteiger partial charge is 0.491 e. The van der Waals surface area contributed by atoms with Crippen molar-refractivity contribution in [3.63, 3.8) is 0 Å². The van der Waals surface area contributed by atoms with Gasteiger partial charge < -0.3 is 14.6 Å². The Bertz CT molecular complexity index is 483. The minimum atomic E-state index is -1.12. The minimum Gasteiger partial charge on any atom is -0.491 e. The first-order valence-corrected chi connectivity index (χ1v) is 7.47. The second kappa shape index (κ2) is 6.71. The number of aliphatic hydroxyl groups is 1. The van der Waals surface area contributed by atoms with Crippen LogP contribution in [0.1, 0.15) is 51.0 Å². The smallest absolute Gasteiger partial charge is 0.200 e. The van der Waals surface area contributed by atoms with Crippen LogP contribution in [0.4, 0.5) is 8.78 Å². The van der Waals surface area contributed by atoms with Crippen LogP contribution >= 0.6 is 0 Å². The van der Waals surface area contributed by atoms with Gasteiger partial charge >= 0.3 is 0 Å². The summed E-state index contributed by atoms with van der Waals surface area (Å²) in [6, 6.07) is 2.99. The third-order valence-electron chi connectivity index (χ3n) is 3.89. The van der Waals surface area contributed by atoms with Crippen LogP contribution in [0, 0.1) is 11.6 Å². The van der Waals surface area contributed by atoms with Crippen molar-refractivity contribution < 1.29 is 23.4 Å². The SMILES string of the molecule is CCCC1(O)CCC(c2ccc(OCC)c(F)c2F)CO1. The van der Waals surface area contributed by atoms with Gasteiger partial charge in [0.2, 0.25) is 5.82 Å². The fourth-order valence-corrected chi connectivity index (χ4v) is 2.77. The number of benzene rings is 1. The maximum absolute atomic E-state index is 14.1. The molecule has 1 aromatic rings. The molecule has 3 nitrogen and oxygen atoms in total. The van der Waals surface area contributed by atoms with E-state index in [9.17, 15) is 13.9 Å². The van der Waals surface area contributed by atoms with Gasteiger partial charge in [0, 0.05) is 18.8 Å². The van der Waals surface area contributed by atoms with Crippen LogP contribution in [-0.2, 0) is 4.74 Å². The number of hydrogen-bond donors (Lipinski definition) is 1.